The van der Waals surface area contributed by atoms with Crippen LogP contribution in [0.15, 0.2) is 48.5 Å². The molecule has 1 saturated carbocycles. The Morgan fingerprint density at radius 2 is 1.78 bits per heavy atom. The third-order valence-corrected chi connectivity index (χ3v) is 4.57. The number of nitrogens with one attached hydrogen (secondary N) is 1. The second-order valence-corrected chi connectivity index (χ2v) is 6.22. The maximum absolute atomic E-state index is 12.3. The molecule has 0 atom stereocenters. The van der Waals surface area contributed by atoms with E-state index in [0.717, 1.165) is 12.8 Å². The minimum absolute atomic E-state index is 0.0578. The van der Waals surface area contributed by atoms with Gasteiger partial charge in [0.2, 0.25) is 5.91 Å². The Balaban J connectivity index is 1.71. The molecule has 0 saturated heterocycles. The fraction of sp³-hybridized carbons (Fsp3) is 0.263. The van der Waals surface area contributed by atoms with Gasteiger partial charge in [0.25, 0.3) is 5.91 Å². The summed E-state index contributed by atoms with van der Waals surface area (Å²) in [7, 11) is 0. The lowest BCUT2D eigenvalue weighted by Crippen LogP contribution is -2.32. The molecule has 2 aromatic rings. The number of primary amides is 1. The van der Waals surface area contributed by atoms with Gasteiger partial charge in [0.15, 0.2) is 0 Å². The van der Waals surface area contributed by atoms with Gasteiger partial charge in [-0.25, -0.2) is 0 Å². The van der Waals surface area contributed by atoms with Crippen LogP contribution in [0.3, 0.4) is 0 Å². The van der Waals surface area contributed by atoms with Crippen LogP contribution < -0.4 is 11.1 Å². The van der Waals surface area contributed by atoms with E-state index in [0.29, 0.717) is 17.7 Å². The average molecular weight is 308 g/mol. The number of hydrogen-bond donors (Lipinski definition) is 2. The second kappa shape index (κ2) is 5.88. The number of rotatable bonds is 5. The van der Waals surface area contributed by atoms with Gasteiger partial charge < -0.3 is 11.1 Å². The molecule has 1 fully saturated rings. The lowest BCUT2D eigenvalue weighted by molar-refractivity contribution is 0.0949. The molecule has 0 aromatic heterocycles. The number of hydrogen-bond acceptors (Lipinski definition) is 2. The fourth-order valence-electron chi connectivity index (χ4n) is 3.03. The molecule has 2 aromatic carbocycles. The monoisotopic (exact) mass is 308 g/mol. The first-order valence-electron chi connectivity index (χ1n) is 7.76. The molecule has 0 heterocycles. The van der Waals surface area contributed by atoms with Crippen molar-refractivity contribution < 1.29 is 9.59 Å². The summed E-state index contributed by atoms with van der Waals surface area (Å²) in [5.74, 6) is -0.703. The minimum atomic E-state index is -0.529. The van der Waals surface area contributed by atoms with E-state index in [4.69, 9.17) is 5.73 Å². The highest BCUT2D eigenvalue weighted by Gasteiger charge is 2.45. The van der Waals surface area contributed by atoms with Gasteiger partial charge in [0.1, 0.15) is 0 Å². The second-order valence-electron chi connectivity index (χ2n) is 6.22. The van der Waals surface area contributed by atoms with Crippen molar-refractivity contribution >= 4 is 11.8 Å². The molecule has 0 bridgehead atoms. The molecular formula is C19H20N2O2. The van der Waals surface area contributed by atoms with Gasteiger partial charge >= 0.3 is 0 Å². The highest BCUT2D eigenvalue weighted by Crippen LogP contribution is 2.48. The van der Waals surface area contributed by atoms with Crippen LogP contribution in [0.2, 0.25) is 0 Å². The molecule has 0 aliphatic heterocycles. The van der Waals surface area contributed by atoms with Crippen molar-refractivity contribution in [3.63, 3.8) is 0 Å². The highest BCUT2D eigenvalue weighted by molar-refractivity contribution is 5.99. The van der Waals surface area contributed by atoms with E-state index in [1.807, 2.05) is 12.1 Å². The predicted molar refractivity (Wildman–Crippen MR) is 89.4 cm³/mol. The first-order chi connectivity index (χ1) is 11.0. The number of carbonyl (C=O) groups excluding carboxylic acids is 2. The summed E-state index contributed by atoms with van der Waals surface area (Å²) in [6.07, 6.45) is 2.17. The number of nitrogens with two attached hydrogens (primary N) is 1. The molecule has 0 radical (unpaired) electrons. The van der Waals surface area contributed by atoms with Crippen LogP contribution in [-0.2, 0) is 5.41 Å². The summed E-state index contributed by atoms with van der Waals surface area (Å²) in [5, 5.41) is 3.00. The molecule has 4 nitrogen and oxygen atoms in total. The number of aryl methyl sites for hydroxylation is 1. The van der Waals surface area contributed by atoms with Crippen molar-refractivity contribution in [2.45, 2.75) is 25.2 Å². The van der Waals surface area contributed by atoms with Crippen molar-refractivity contribution in [3.8, 4) is 0 Å². The summed E-state index contributed by atoms with van der Waals surface area (Å²) in [6, 6.07) is 14.8. The highest BCUT2D eigenvalue weighted by atomic mass is 16.2. The van der Waals surface area contributed by atoms with Gasteiger partial charge in [-0.3, -0.25) is 9.59 Å². The largest absolute Gasteiger partial charge is 0.366 e. The van der Waals surface area contributed by atoms with Crippen LogP contribution in [0.4, 0.5) is 0 Å². The van der Waals surface area contributed by atoms with Crippen molar-refractivity contribution in [1.29, 1.82) is 0 Å². The molecule has 3 N–H and O–H groups in total. The van der Waals surface area contributed by atoms with Crippen LogP contribution in [0.1, 0.15) is 44.7 Å². The Labute approximate surface area is 135 Å². The summed E-state index contributed by atoms with van der Waals surface area (Å²) < 4.78 is 0. The van der Waals surface area contributed by atoms with Crippen LogP contribution >= 0.6 is 0 Å². The molecule has 0 unspecified atom stereocenters. The van der Waals surface area contributed by atoms with Gasteiger partial charge in [-0.2, -0.15) is 0 Å². The first-order valence-corrected chi connectivity index (χ1v) is 7.76. The van der Waals surface area contributed by atoms with Gasteiger partial charge in [-0.15, -0.1) is 0 Å². The molecule has 4 heteroatoms. The zero-order valence-corrected chi connectivity index (χ0v) is 13.1. The van der Waals surface area contributed by atoms with E-state index in [-0.39, 0.29) is 11.3 Å². The van der Waals surface area contributed by atoms with Crippen LogP contribution in [0, 0.1) is 6.92 Å². The third-order valence-electron chi connectivity index (χ3n) is 4.57. The quantitative estimate of drug-likeness (QED) is 0.891. The lowest BCUT2D eigenvalue weighted by atomic mass is 9.92. The van der Waals surface area contributed by atoms with E-state index in [9.17, 15) is 9.59 Å². The van der Waals surface area contributed by atoms with E-state index in [1.165, 1.54) is 17.2 Å². The van der Waals surface area contributed by atoms with Crippen LogP contribution in [0.25, 0.3) is 0 Å². The van der Waals surface area contributed by atoms with Crippen molar-refractivity contribution in [2.24, 2.45) is 5.73 Å². The van der Waals surface area contributed by atoms with E-state index in [2.05, 4.69) is 24.4 Å². The normalized spacial score (nSPS) is 15.0. The summed E-state index contributed by atoms with van der Waals surface area (Å²) >= 11 is 0. The van der Waals surface area contributed by atoms with Crippen molar-refractivity contribution in [1.82, 2.24) is 5.32 Å². The molecule has 1 aliphatic rings. The van der Waals surface area contributed by atoms with Gasteiger partial charge in [-0.05, 0) is 49.1 Å². The molecule has 1 aliphatic carbocycles. The Kier molecular flexibility index (Phi) is 3.90. The molecular weight excluding hydrogens is 288 g/mol. The molecule has 23 heavy (non-hydrogen) atoms. The SMILES string of the molecule is Cc1ccccc1C1(CNC(=O)c2cccc(C(N)=O)c2)CC1. The summed E-state index contributed by atoms with van der Waals surface area (Å²) in [6.45, 7) is 2.71. The Bertz CT molecular complexity index is 763. The Morgan fingerprint density at radius 3 is 2.43 bits per heavy atom. The van der Waals surface area contributed by atoms with Gasteiger partial charge in [0, 0.05) is 23.1 Å². The number of amides is 2. The fourth-order valence-corrected chi connectivity index (χ4v) is 3.03. The Hall–Kier alpha value is -2.62. The zero-order chi connectivity index (χ0) is 16.4. The first kappa shape index (κ1) is 15.3. The third kappa shape index (κ3) is 3.11. The predicted octanol–water partition coefficient (Wildman–Crippen LogP) is 2.56. The topological polar surface area (TPSA) is 72.2 Å². The zero-order valence-electron chi connectivity index (χ0n) is 13.1. The maximum atomic E-state index is 12.3. The van der Waals surface area contributed by atoms with Gasteiger partial charge in [0.05, 0.1) is 0 Å². The van der Waals surface area contributed by atoms with Crippen LogP contribution in [-0.4, -0.2) is 18.4 Å². The van der Waals surface area contributed by atoms with E-state index >= 15 is 0 Å². The standard InChI is InChI=1S/C19H20N2O2/c1-13-5-2-3-8-16(13)19(9-10-19)12-21-18(23)15-7-4-6-14(11-15)17(20)22/h2-8,11H,9-10,12H2,1H3,(H2,20,22)(H,21,23). The molecule has 118 valence electrons. The minimum Gasteiger partial charge on any atom is -0.366 e. The molecule has 2 amide bonds. The van der Waals surface area contributed by atoms with E-state index in [1.54, 1.807) is 18.2 Å². The Morgan fingerprint density at radius 1 is 1.09 bits per heavy atom. The maximum Gasteiger partial charge on any atom is 0.251 e. The van der Waals surface area contributed by atoms with E-state index < -0.39 is 5.91 Å². The number of benzene rings is 2. The average Bonchev–Trinajstić information content (AvgIpc) is 3.34. The number of carbonyl (C=O) groups is 2. The van der Waals surface area contributed by atoms with Crippen LogP contribution in [0.5, 0.6) is 0 Å². The lowest BCUT2D eigenvalue weighted by Gasteiger charge is -2.19. The van der Waals surface area contributed by atoms with Gasteiger partial charge in [-0.1, -0.05) is 30.3 Å². The molecule has 0 spiro atoms. The summed E-state index contributed by atoms with van der Waals surface area (Å²) in [5.41, 5.74) is 8.69. The van der Waals surface area contributed by atoms with Crippen molar-refractivity contribution in [3.05, 3.63) is 70.8 Å². The smallest absolute Gasteiger partial charge is 0.251 e. The summed E-state index contributed by atoms with van der Waals surface area (Å²) in [4.78, 5) is 23.6. The van der Waals surface area contributed by atoms with Crippen molar-refractivity contribution in [2.75, 3.05) is 6.54 Å². The molecule has 3 rings (SSSR count).